The molecule has 1 heterocycles. The van der Waals surface area contributed by atoms with Crippen LogP contribution in [-0.4, -0.2) is 18.6 Å². The van der Waals surface area contributed by atoms with E-state index in [2.05, 4.69) is 10.3 Å². The summed E-state index contributed by atoms with van der Waals surface area (Å²) in [6.07, 6.45) is -1.22. The standard InChI is InChI=1S/C10H10ClF3N2/c1-15-4-2-3-7-5-8(10(12,13)14)16-9(11)6-7/h2-3,5-6,15H,4H2,1H3. The summed E-state index contributed by atoms with van der Waals surface area (Å²) in [4.78, 5) is 3.22. The van der Waals surface area contributed by atoms with Gasteiger partial charge in [-0.25, -0.2) is 4.98 Å². The molecule has 0 radical (unpaired) electrons. The van der Waals surface area contributed by atoms with E-state index in [-0.39, 0.29) is 5.15 Å². The number of likely N-dealkylation sites (N-methyl/N-ethyl adjacent to an activating group) is 1. The van der Waals surface area contributed by atoms with E-state index in [0.29, 0.717) is 12.1 Å². The number of nitrogens with one attached hydrogen (secondary N) is 1. The molecule has 0 unspecified atom stereocenters. The zero-order chi connectivity index (χ0) is 12.2. The highest BCUT2D eigenvalue weighted by Gasteiger charge is 2.32. The molecule has 0 amide bonds. The van der Waals surface area contributed by atoms with Gasteiger partial charge >= 0.3 is 6.18 Å². The minimum atomic E-state index is -4.48. The average Bonchev–Trinajstić information content (AvgIpc) is 2.16. The molecule has 0 fully saturated rings. The molecule has 0 aromatic carbocycles. The molecular formula is C10H10ClF3N2. The van der Waals surface area contributed by atoms with Gasteiger partial charge in [0.05, 0.1) is 0 Å². The van der Waals surface area contributed by atoms with Gasteiger partial charge in [-0.2, -0.15) is 13.2 Å². The first-order valence-corrected chi connectivity index (χ1v) is 4.87. The van der Waals surface area contributed by atoms with Gasteiger partial charge in [0, 0.05) is 6.54 Å². The molecule has 0 bridgehead atoms. The lowest BCUT2D eigenvalue weighted by atomic mass is 10.2. The Morgan fingerprint density at radius 1 is 1.44 bits per heavy atom. The first kappa shape index (κ1) is 13.0. The predicted molar refractivity (Wildman–Crippen MR) is 57.2 cm³/mol. The van der Waals surface area contributed by atoms with Gasteiger partial charge in [0.25, 0.3) is 0 Å². The number of halogens is 4. The third-order valence-electron chi connectivity index (χ3n) is 1.74. The molecule has 2 nitrogen and oxygen atoms in total. The van der Waals surface area contributed by atoms with Gasteiger partial charge in [0.2, 0.25) is 0 Å². The fraction of sp³-hybridized carbons (Fsp3) is 0.300. The van der Waals surface area contributed by atoms with Crippen LogP contribution in [0.25, 0.3) is 6.08 Å². The van der Waals surface area contributed by atoms with Crippen molar-refractivity contribution in [1.29, 1.82) is 0 Å². The van der Waals surface area contributed by atoms with E-state index >= 15 is 0 Å². The maximum Gasteiger partial charge on any atom is 0.433 e. The van der Waals surface area contributed by atoms with Gasteiger partial charge < -0.3 is 5.32 Å². The summed E-state index contributed by atoms with van der Waals surface area (Å²) < 4.78 is 37.1. The number of aromatic nitrogens is 1. The predicted octanol–water partition coefficient (Wildman–Crippen LogP) is 2.99. The Hall–Kier alpha value is -1.07. The normalized spacial score (nSPS) is 12.3. The van der Waals surface area contributed by atoms with Crippen LogP contribution in [-0.2, 0) is 6.18 Å². The average molecular weight is 251 g/mol. The number of hydrogen-bond donors (Lipinski definition) is 1. The Balaban J connectivity index is 2.99. The van der Waals surface area contributed by atoms with E-state index in [4.69, 9.17) is 11.6 Å². The fourth-order valence-electron chi connectivity index (χ4n) is 1.07. The second-order valence-electron chi connectivity index (χ2n) is 3.07. The molecule has 0 aliphatic heterocycles. The van der Waals surface area contributed by atoms with Gasteiger partial charge in [0.15, 0.2) is 0 Å². The topological polar surface area (TPSA) is 24.9 Å². The van der Waals surface area contributed by atoms with Crippen molar-refractivity contribution < 1.29 is 13.2 Å². The van der Waals surface area contributed by atoms with E-state index in [1.165, 1.54) is 6.07 Å². The third kappa shape index (κ3) is 3.83. The quantitative estimate of drug-likeness (QED) is 0.835. The van der Waals surface area contributed by atoms with E-state index in [0.717, 1.165) is 6.07 Å². The van der Waals surface area contributed by atoms with Gasteiger partial charge in [-0.15, -0.1) is 0 Å². The molecule has 1 aromatic rings. The first-order valence-electron chi connectivity index (χ1n) is 4.49. The summed E-state index contributed by atoms with van der Waals surface area (Å²) in [7, 11) is 1.74. The van der Waals surface area contributed by atoms with Crippen LogP contribution in [0.5, 0.6) is 0 Å². The Kier molecular flexibility index (Phi) is 4.32. The Labute approximate surface area is 96.1 Å². The SMILES string of the molecule is CNCC=Cc1cc(Cl)nc(C(F)(F)F)c1. The molecule has 1 rings (SSSR count). The Bertz CT molecular complexity index is 388. The summed E-state index contributed by atoms with van der Waals surface area (Å²) >= 11 is 5.51. The van der Waals surface area contributed by atoms with Crippen LogP contribution in [0.4, 0.5) is 13.2 Å². The van der Waals surface area contributed by atoms with E-state index in [9.17, 15) is 13.2 Å². The molecule has 88 valence electrons. The molecular weight excluding hydrogens is 241 g/mol. The molecule has 16 heavy (non-hydrogen) atoms. The van der Waals surface area contributed by atoms with Gasteiger partial charge in [-0.1, -0.05) is 23.8 Å². The van der Waals surface area contributed by atoms with Crippen molar-refractivity contribution in [2.75, 3.05) is 13.6 Å². The number of rotatable bonds is 3. The van der Waals surface area contributed by atoms with Crippen molar-refractivity contribution >= 4 is 17.7 Å². The van der Waals surface area contributed by atoms with Crippen LogP contribution in [0.2, 0.25) is 5.15 Å². The highest BCUT2D eigenvalue weighted by Crippen LogP contribution is 2.29. The number of hydrogen-bond acceptors (Lipinski definition) is 2. The van der Waals surface area contributed by atoms with Crippen molar-refractivity contribution in [3.05, 3.63) is 34.6 Å². The van der Waals surface area contributed by atoms with E-state index in [1.54, 1.807) is 19.2 Å². The molecule has 0 saturated heterocycles. The van der Waals surface area contributed by atoms with Gasteiger partial charge in [-0.05, 0) is 24.7 Å². The van der Waals surface area contributed by atoms with Crippen LogP contribution >= 0.6 is 11.6 Å². The second-order valence-corrected chi connectivity index (χ2v) is 3.45. The van der Waals surface area contributed by atoms with Crippen LogP contribution in [0.15, 0.2) is 18.2 Å². The summed E-state index contributed by atoms with van der Waals surface area (Å²) in [6.45, 7) is 0.571. The largest absolute Gasteiger partial charge is 0.433 e. The van der Waals surface area contributed by atoms with Crippen molar-refractivity contribution in [3.63, 3.8) is 0 Å². The molecule has 1 aromatic heterocycles. The van der Waals surface area contributed by atoms with Crippen LogP contribution < -0.4 is 5.32 Å². The highest BCUT2D eigenvalue weighted by atomic mass is 35.5. The zero-order valence-electron chi connectivity index (χ0n) is 8.48. The number of nitrogens with zero attached hydrogens (tertiary/aromatic N) is 1. The van der Waals surface area contributed by atoms with Gasteiger partial charge in [0.1, 0.15) is 10.8 Å². The number of alkyl halides is 3. The molecule has 1 N–H and O–H groups in total. The maximum absolute atomic E-state index is 12.4. The monoisotopic (exact) mass is 250 g/mol. The lowest BCUT2D eigenvalue weighted by Crippen LogP contribution is -2.08. The summed E-state index contributed by atoms with van der Waals surface area (Å²) in [5, 5.41) is 2.67. The van der Waals surface area contributed by atoms with Crippen LogP contribution in [0.3, 0.4) is 0 Å². The van der Waals surface area contributed by atoms with Crippen molar-refractivity contribution in [2.45, 2.75) is 6.18 Å². The second kappa shape index (κ2) is 5.32. The minimum absolute atomic E-state index is 0.168. The molecule has 0 spiro atoms. The molecule has 6 heteroatoms. The number of pyridine rings is 1. The Morgan fingerprint density at radius 2 is 2.12 bits per heavy atom. The van der Waals surface area contributed by atoms with Crippen molar-refractivity contribution in [2.24, 2.45) is 0 Å². The smallest absolute Gasteiger partial charge is 0.316 e. The lowest BCUT2D eigenvalue weighted by Gasteiger charge is -2.06. The summed E-state index contributed by atoms with van der Waals surface area (Å²) in [5.74, 6) is 0. The van der Waals surface area contributed by atoms with Crippen molar-refractivity contribution in [3.8, 4) is 0 Å². The van der Waals surface area contributed by atoms with Crippen LogP contribution in [0.1, 0.15) is 11.3 Å². The third-order valence-corrected chi connectivity index (χ3v) is 1.93. The van der Waals surface area contributed by atoms with E-state index < -0.39 is 11.9 Å². The molecule has 0 aliphatic carbocycles. The lowest BCUT2D eigenvalue weighted by molar-refractivity contribution is -0.141. The molecule has 0 atom stereocenters. The van der Waals surface area contributed by atoms with Crippen LogP contribution in [0, 0.1) is 0 Å². The molecule has 0 saturated carbocycles. The van der Waals surface area contributed by atoms with E-state index in [1.807, 2.05) is 0 Å². The maximum atomic E-state index is 12.4. The minimum Gasteiger partial charge on any atom is -0.316 e. The summed E-state index contributed by atoms with van der Waals surface area (Å²) in [6, 6.07) is 2.33. The van der Waals surface area contributed by atoms with Gasteiger partial charge in [-0.3, -0.25) is 0 Å². The highest BCUT2D eigenvalue weighted by molar-refractivity contribution is 6.29. The Morgan fingerprint density at radius 3 is 2.69 bits per heavy atom. The fourth-order valence-corrected chi connectivity index (χ4v) is 1.29. The summed E-state index contributed by atoms with van der Waals surface area (Å²) in [5.41, 5.74) is -0.605. The van der Waals surface area contributed by atoms with Crippen molar-refractivity contribution in [1.82, 2.24) is 10.3 Å². The zero-order valence-corrected chi connectivity index (χ0v) is 9.23. The first-order chi connectivity index (χ1) is 7.43. The molecule has 0 aliphatic rings.